The van der Waals surface area contributed by atoms with E-state index in [2.05, 4.69) is 20.9 Å². The zero-order valence-corrected chi connectivity index (χ0v) is 11.9. The molecule has 1 unspecified atom stereocenters. The molecule has 1 atom stereocenters. The highest BCUT2D eigenvalue weighted by Gasteiger charge is 2.28. The minimum atomic E-state index is -0.863. The van der Waals surface area contributed by atoms with Crippen molar-refractivity contribution in [1.29, 1.82) is 0 Å². The highest BCUT2D eigenvalue weighted by atomic mass is 79.9. The number of hydrogen-bond acceptors (Lipinski definition) is 2. The lowest BCUT2D eigenvalue weighted by Crippen LogP contribution is -2.28. The SMILES string of the molecule is CCC(O)(Cc1ccccn1)c1cccc(Br)c1. The Bertz CT molecular complexity index is 515. The zero-order valence-electron chi connectivity index (χ0n) is 10.3. The smallest absolute Gasteiger partial charge is 0.0949 e. The first kappa shape index (κ1) is 13.2. The van der Waals surface area contributed by atoms with Crippen LogP contribution in [-0.2, 0) is 12.0 Å². The van der Waals surface area contributed by atoms with Crippen molar-refractivity contribution in [3.63, 3.8) is 0 Å². The molecule has 1 N–H and O–H groups in total. The summed E-state index contributed by atoms with van der Waals surface area (Å²) in [7, 11) is 0. The molecule has 1 aromatic heterocycles. The topological polar surface area (TPSA) is 33.1 Å². The summed E-state index contributed by atoms with van der Waals surface area (Å²) in [6.07, 6.45) is 2.94. The van der Waals surface area contributed by atoms with Crippen molar-refractivity contribution in [2.24, 2.45) is 0 Å². The second-order valence-electron chi connectivity index (χ2n) is 4.39. The Morgan fingerprint density at radius 1 is 1.22 bits per heavy atom. The number of aliphatic hydroxyl groups is 1. The molecule has 0 saturated heterocycles. The third kappa shape index (κ3) is 2.98. The van der Waals surface area contributed by atoms with Gasteiger partial charge in [-0.05, 0) is 36.2 Å². The maximum atomic E-state index is 10.8. The second-order valence-corrected chi connectivity index (χ2v) is 5.31. The molecule has 18 heavy (non-hydrogen) atoms. The molecule has 2 aromatic rings. The minimum Gasteiger partial charge on any atom is -0.385 e. The molecule has 0 bridgehead atoms. The van der Waals surface area contributed by atoms with Crippen LogP contribution in [0.1, 0.15) is 24.6 Å². The van der Waals surface area contributed by atoms with Gasteiger partial charge >= 0.3 is 0 Å². The van der Waals surface area contributed by atoms with Crippen LogP contribution in [0.5, 0.6) is 0 Å². The fraction of sp³-hybridized carbons (Fsp3) is 0.267. The van der Waals surface area contributed by atoms with Gasteiger partial charge < -0.3 is 5.11 Å². The van der Waals surface area contributed by atoms with E-state index in [9.17, 15) is 5.11 Å². The molecule has 2 nitrogen and oxygen atoms in total. The highest BCUT2D eigenvalue weighted by Crippen LogP contribution is 2.30. The van der Waals surface area contributed by atoms with E-state index in [0.717, 1.165) is 15.7 Å². The predicted octanol–water partition coefficient (Wildman–Crippen LogP) is 3.68. The quantitative estimate of drug-likeness (QED) is 0.934. The summed E-state index contributed by atoms with van der Waals surface area (Å²) in [5.74, 6) is 0. The van der Waals surface area contributed by atoms with E-state index in [0.29, 0.717) is 12.8 Å². The van der Waals surface area contributed by atoms with Gasteiger partial charge in [-0.3, -0.25) is 4.98 Å². The first-order chi connectivity index (χ1) is 8.64. The van der Waals surface area contributed by atoms with Gasteiger partial charge in [0.1, 0.15) is 0 Å². The Kier molecular flexibility index (Phi) is 4.15. The molecule has 94 valence electrons. The normalized spacial score (nSPS) is 14.2. The van der Waals surface area contributed by atoms with Gasteiger partial charge in [-0.25, -0.2) is 0 Å². The maximum Gasteiger partial charge on any atom is 0.0949 e. The van der Waals surface area contributed by atoms with E-state index in [4.69, 9.17) is 0 Å². The molecule has 0 aliphatic rings. The molecule has 2 rings (SSSR count). The Balaban J connectivity index is 2.31. The zero-order chi connectivity index (χ0) is 13.0. The Labute approximate surface area is 116 Å². The molecule has 0 aliphatic carbocycles. The third-order valence-electron chi connectivity index (χ3n) is 3.15. The summed E-state index contributed by atoms with van der Waals surface area (Å²) >= 11 is 3.44. The largest absolute Gasteiger partial charge is 0.385 e. The van der Waals surface area contributed by atoms with Crippen LogP contribution in [0.2, 0.25) is 0 Å². The van der Waals surface area contributed by atoms with Crippen LogP contribution < -0.4 is 0 Å². The average molecular weight is 306 g/mol. The molecular weight excluding hydrogens is 290 g/mol. The van der Waals surface area contributed by atoms with Crippen molar-refractivity contribution >= 4 is 15.9 Å². The molecule has 0 aliphatic heterocycles. The Morgan fingerprint density at radius 3 is 2.67 bits per heavy atom. The lowest BCUT2D eigenvalue weighted by atomic mass is 9.86. The fourth-order valence-electron chi connectivity index (χ4n) is 2.01. The lowest BCUT2D eigenvalue weighted by Gasteiger charge is -2.27. The Hall–Kier alpha value is -1.19. The molecule has 1 heterocycles. The highest BCUT2D eigenvalue weighted by molar-refractivity contribution is 9.10. The number of halogens is 1. The summed E-state index contributed by atoms with van der Waals surface area (Å²) in [5.41, 5.74) is 0.963. The van der Waals surface area contributed by atoms with E-state index in [1.54, 1.807) is 6.20 Å². The molecule has 0 amide bonds. The fourth-order valence-corrected chi connectivity index (χ4v) is 2.41. The molecule has 0 fully saturated rings. The number of pyridine rings is 1. The second kappa shape index (κ2) is 5.63. The summed E-state index contributed by atoms with van der Waals surface area (Å²) in [5, 5.41) is 10.8. The Morgan fingerprint density at radius 2 is 2.06 bits per heavy atom. The van der Waals surface area contributed by atoms with E-state index in [-0.39, 0.29) is 0 Å². The summed E-state index contributed by atoms with van der Waals surface area (Å²) < 4.78 is 0.980. The predicted molar refractivity (Wildman–Crippen MR) is 76.3 cm³/mol. The van der Waals surface area contributed by atoms with Crippen molar-refractivity contribution < 1.29 is 5.11 Å². The molecular formula is C15H16BrNO. The van der Waals surface area contributed by atoms with Gasteiger partial charge in [-0.15, -0.1) is 0 Å². The minimum absolute atomic E-state index is 0.529. The van der Waals surface area contributed by atoms with Crippen molar-refractivity contribution in [2.75, 3.05) is 0 Å². The molecule has 3 heteroatoms. The number of aromatic nitrogens is 1. The van der Waals surface area contributed by atoms with Crippen LogP contribution >= 0.6 is 15.9 Å². The van der Waals surface area contributed by atoms with Gasteiger partial charge in [0, 0.05) is 22.8 Å². The van der Waals surface area contributed by atoms with Crippen molar-refractivity contribution in [3.8, 4) is 0 Å². The van der Waals surface area contributed by atoms with Crippen molar-refractivity contribution in [1.82, 2.24) is 4.98 Å². The maximum absolute atomic E-state index is 10.8. The molecule has 0 spiro atoms. The van der Waals surface area contributed by atoms with Crippen LogP contribution in [0.3, 0.4) is 0 Å². The summed E-state index contributed by atoms with van der Waals surface area (Å²) in [6, 6.07) is 13.6. The van der Waals surface area contributed by atoms with E-state index in [1.165, 1.54) is 0 Å². The van der Waals surface area contributed by atoms with Gasteiger partial charge in [-0.1, -0.05) is 41.1 Å². The van der Waals surface area contributed by atoms with E-state index >= 15 is 0 Å². The van der Waals surface area contributed by atoms with Crippen LogP contribution in [0.25, 0.3) is 0 Å². The van der Waals surface area contributed by atoms with Crippen LogP contribution in [0.15, 0.2) is 53.1 Å². The molecule has 1 aromatic carbocycles. The summed E-state index contributed by atoms with van der Waals surface area (Å²) in [4.78, 5) is 4.29. The number of nitrogens with zero attached hydrogens (tertiary/aromatic N) is 1. The van der Waals surface area contributed by atoms with Gasteiger partial charge in [0.25, 0.3) is 0 Å². The van der Waals surface area contributed by atoms with E-state index < -0.39 is 5.60 Å². The standard InChI is InChI=1S/C15H16BrNO/c1-2-15(18,11-14-8-3-4-9-17-14)12-6-5-7-13(16)10-12/h3-10,18H,2,11H2,1H3. The first-order valence-electron chi connectivity index (χ1n) is 6.02. The van der Waals surface area contributed by atoms with Gasteiger partial charge in [-0.2, -0.15) is 0 Å². The monoisotopic (exact) mass is 305 g/mol. The molecule has 0 saturated carbocycles. The van der Waals surface area contributed by atoms with Crippen molar-refractivity contribution in [2.45, 2.75) is 25.4 Å². The summed E-state index contributed by atoms with van der Waals surface area (Å²) in [6.45, 7) is 1.99. The van der Waals surface area contributed by atoms with Crippen LogP contribution in [-0.4, -0.2) is 10.1 Å². The lowest BCUT2D eigenvalue weighted by molar-refractivity contribution is 0.0317. The van der Waals surface area contributed by atoms with Crippen LogP contribution in [0.4, 0.5) is 0 Å². The van der Waals surface area contributed by atoms with Crippen molar-refractivity contribution in [3.05, 3.63) is 64.4 Å². The van der Waals surface area contributed by atoms with Gasteiger partial charge in [0.2, 0.25) is 0 Å². The first-order valence-corrected chi connectivity index (χ1v) is 6.82. The average Bonchev–Trinajstić information content (AvgIpc) is 2.40. The molecule has 0 radical (unpaired) electrons. The van der Waals surface area contributed by atoms with Gasteiger partial charge in [0.15, 0.2) is 0 Å². The van der Waals surface area contributed by atoms with Gasteiger partial charge in [0.05, 0.1) is 5.60 Å². The number of rotatable bonds is 4. The van der Waals surface area contributed by atoms with E-state index in [1.807, 2.05) is 49.4 Å². The van der Waals surface area contributed by atoms with Crippen LogP contribution in [0, 0.1) is 0 Å². The third-order valence-corrected chi connectivity index (χ3v) is 3.64. The number of hydrogen-bond donors (Lipinski definition) is 1. The number of benzene rings is 1.